The first-order valence-corrected chi connectivity index (χ1v) is 13.4. The maximum atomic E-state index is 10.1. The molecule has 1 N–H and O–H groups in total. The summed E-state index contributed by atoms with van der Waals surface area (Å²) >= 11 is 0. The van der Waals surface area contributed by atoms with Crippen LogP contribution in [0.1, 0.15) is 46.2 Å². The second kappa shape index (κ2) is 11.1. The highest BCUT2D eigenvalue weighted by Gasteiger charge is 2.39. The van der Waals surface area contributed by atoms with Gasteiger partial charge < -0.3 is 19.0 Å². The molecule has 1 aromatic rings. The molecule has 6 nitrogen and oxygen atoms in total. The maximum Gasteiger partial charge on any atom is 0.192 e. The third kappa shape index (κ3) is 6.45. The van der Waals surface area contributed by atoms with E-state index in [1.807, 2.05) is 18.2 Å². The number of rotatable bonds is 11. The van der Waals surface area contributed by atoms with E-state index in [2.05, 4.69) is 58.7 Å². The Morgan fingerprint density at radius 1 is 1.13 bits per heavy atom. The summed E-state index contributed by atoms with van der Waals surface area (Å²) in [6.07, 6.45) is 0. The maximum absolute atomic E-state index is 10.1. The van der Waals surface area contributed by atoms with Gasteiger partial charge in [0.25, 0.3) is 0 Å². The predicted octanol–water partition coefficient (Wildman–Crippen LogP) is 4.61. The average Bonchev–Trinajstić information content (AvgIpc) is 2.67. The van der Waals surface area contributed by atoms with E-state index < -0.39 is 8.32 Å². The highest BCUT2D eigenvalue weighted by Crippen LogP contribution is 2.39. The van der Waals surface area contributed by atoms with Gasteiger partial charge in [0, 0.05) is 6.04 Å². The molecule has 0 heterocycles. The van der Waals surface area contributed by atoms with E-state index in [0.29, 0.717) is 18.1 Å². The van der Waals surface area contributed by atoms with Crippen LogP contribution in [-0.2, 0) is 4.43 Å². The van der Waals surface area contributed by atoms with Crippen molar-refractivity contribution in [1.29, 1.82) is 5.26 Å². The van der Waals surface area contributed by atoms with Crippen LogP contribution in [0.4, 0.5) is 0 Å². The summed E-state index contributed by atoms with van der Waals surface area (Å²) in [6, 6.07) is 7.73. The molecule has 30 heavy (non-hydrogen) atoms. The molecule has 0 amide bonds. The molecule has 0 fully saturated rings. The van der Waals surface area contributed by atoms with E-state index in [9.17, 15) is 10.4 Å². The lowest BCUT2D eigenvalue weighted by molar-refractivity contribution is 0.0423. The fourth-order valence-corrected chi connectivity index (χ4v) is 4.19. The highest BCUT2D eigenvalue weighted by molar-refractivity contribution is 6.74. The number of aliphatic hydroxyl groups is 1. The molecule has 0 unspecified atom stereocenters. The third-order valence-electron chi connectivity index (χ3n) is 6.24. The van der Waals surface area contributed by atoms with E-state index in [1.54, 1.807) is 14.2 Å². The van der Waals surface area contributed by atoms with Crippen LogP contribution in [0.25, 0.3) is 0 Å². The van der Waals surface area contributed by atoms with Gasteiger partial charge in [-0.25, -0.2) is 0 Å². The lowest BCUT2D eigenvalue weighted by Gasteiger charge is -2.42. The van der Waals surface area contributed by atoms with Crippen molar-refractivity contribution < 1.29 is 19.0 Å². The van der Waals surface area contributed by atoms with Crippen LogP contribution in [0.15, 0.2) is 18.2 Å². The summed E-state index contributed by atoms with van der Waals surface area (Å²) in [6.45, 7) is 15.8. The van der Waals surface area contributed by atoms with Gasteiger partial charge in [0.15, 0.2) is 19.8 Å². The summed E-state index contributed by atoms with van der Waals surface area (Å²) in [5.74, 6) is 1.47. The van der Waals surface area contributed by atoms with Crippen molar-refractivity contribution >= 4 is 8.32 Å². The molecule has 1 aromatic carbocycles. The van der Waals surface area contributed by atoms with Gasteiger partial charge in [-0.1, -0.05) is 40.7 Å². The monoisotopic (exact) mass is 436 g/mol. The van der Waals surface area contributed by atoms with Gasteiger partial charge in [0.05, 0.1) is 46.1 Å². The molecule has 0 bridgehead atoms. The second-order valence-electron chi connectivity index (χ2n) is 9.53. The van der Waals surface area contributed by atoms with Gasteiger partial charge in [-0.15, -0.1) is 0 Å². The normalized spacial score (nSPS) is 14.5. The number of benzene rings is 1. The highest BCUT2D eigenvalue weighted by atomic mass is 28.4. The van der Waals surface area contributed by atoms with Crippen molar-refractivity contribution in [2.24, 2.45) is 5.92 Å². The SMILES string of the molecule is COc1ccc([C@H](CO[Si](C)(C)C(C)(C)C)N(CC#N)[C@H](CO)C(C)C)cc1OC. The summed E-state index contributed by atoms with van der Waals surface area (Å²) in [4.78, 5) is 2.05. The van der Waals surface area contributed by atoms with Crippen molar-refractivity contribution in [2.45, 2.75) is 64.8 Å². The van der Waals surface area contributed by atoms with Gasteiger partial charge >= 0.3 is 0 Å². The molecule has 0 saturated heterocycles. The Kier molecular flexibility index (Phi) is 9.82. The molecule has 0 aliphatic rings. The van der Waals surface area contributed by atoms with Gasteiger partial charge in [-0.05, 0) is 41.7 Å². The van der Waals surface area contributed by atoms with Gasteiger partial charge in [0.1, 0.15) is 0 Å². The van der Waals surface area contributed by atoms with Crippen molar-refractivity contribution in [3.05, 3.63) is 23.8 Å². The zero-order valence-electron chi connectivity index (χ0n) is 20.2. The lowest BCUT2D eigenvalue weighted by atomic mass is 9.97. The minimum atomic E-state index is -2.01. The molecule has 7 heteroatoms. The van der Waals surface area contributed by atoms with Gasteiger partial charge in [-0.2, -0.15) is 5.26 Å². The molecular weight excluding hydrogens is 396 g/mol. The van der Waals surface area contributed by atoms with Gasteiger partial charge in [-0.3, -0.25) is 4.90 Å². The molecule has 170 valence electrons. The molecular formula is C23H40N2O4Si. The number of methoxy groups -OCH3 is 2. The lowest BCUT2D eigenvalue weighted by Crippen LogP contribution is -2.48. The Bertz CT molecular complexity index is 710. The largest absolute Gasteiger partial charge is 0.493 e. The third-order valence-corrected chi connectivity index (χ3v) is 10.7. The Hall–Kier alpha value is -1.59. The van der Waals surface area contributed by atoms with E-state index in [1.165, 1.54) is 0 Å². The minimum Gasteiger partial charge on any atom is -0.493 e. The van der Waals surface area contributed by atoms with Crippen LogP contribution in [0, 0.1) is 17.2 Å². The molecule has 0 spiro atoms. The van der Waals surface area contributed by atoms with Crippen LogP contribution in [0.3, 0.4) is 0 Å². The smallest absolute Gasteiger partial charge is 0.192 e. The van der Waals surface area contributed by atoms with Crippen LogP contribution >= 0.6 is 0 Å². The van der Waals surface area contributed by atoms with Crippen LogP contribution in [-0.4, -0.2) is 58.3 Å². The summed E-state index contributed by atoms with van der Waals surface area (Å²) in [7, 11) is 1.21. The number of hydrogen-bond donors (Lipinski definition) is 1. The van der Waals surface area contributed by atoms with E-state index in [4.69, 9.17) is 13.9 Å². The van der Waals surface area contributed by atoms with Crippen molar-refractivity contribution in [2.75, 3.05) is 34.0 Å². The predicted molar refractivity (Wildman–Crippen MR) is 123 cm³/mol. The molecule has 0 aliphatic carbocycles. The standard InChI is InChI=1S/C23H40N2O4Si/c1-17(2)19(15-26)25(13-12-24)20(16-29-30(8,9)23(3,4)5)18-10-11-21(27-6)22(14-18)28-7/h10-11,14,17,19-20,26H,13,15-16H2,1-9H3/t19-,20+/m1/s1. The number of aliphatic hydroxyl groups excluding tert-OH is 1. The Morgan fingerprint density at radius 3 is 2.17 bits per heavy atom. The first-order chi connectivity index (χ1) is 13.9. The van der Waals surface area contributed by atoms with Gasteiger partial charge in [0.2, 0.25) is 0 Å². The second-order valence-corrected chi connectivity index (χ2v) is 14.3. The van der Waals surface area contributed by atoms with Crippen molar-refractivity contribution in [3.8, 4) is 17.6 Å². The molecule has 0 saturated carbocycles. The number of nitrogens with zero attached hydrogens (tertiary/aromatic N) is 2. The number of hydrogen-bond acceptors (Lipinski definition) is 6. The Labute approximate surface area is 183 Å². The quantitative estimate of drug-likeness (QED) is 0.403. The molecule has 0 radical (unpaired) electrons. The minimum absolute atomic E-state index is 0.0246. The fourth-order valence-electron chi connectivity index (χ4n) is 3.19. The first-order valence-electron chi connectivity index (χ1n) is 10.5. The van der Waals surface area contributed by atoms with Crippen LogP contribution < -0.4 is 9.47 Å². The van der Waals surface area contributed by atoms with E-state index in [0.717, 1.165) is 5.56 Å². The first kappa shape index (κ1) is 26.4. The van der Waals surface area contributed by atoms with E-state index >= 15 is 0 Å². The molecule has 0 aromatic heterocycles. The summed E-state index contributed by atoms with van der Waals surface area (Å²) in [5, 5.41) is 19.7. The average molecular weight is 437 g/mol. The van der Waals surface area contributed by atoms with E-state index in [-0.39, 0.29) is 36.2 Å². The molecule has 0 aliphatic heterocycles. The zero-order chi connectivity index (χ0) is 23.1. The molecule has 1 rings (SSSR count). The summed E-state index contributed by atoms with van der Waals surface area (Å²) < 4.78 is 17.5. The molecule has 2 atom stereocenters. The Morgan fingerprint density at radius 2 is 1.73 bits per heavy atom. The Balaban J connectivity index is 3.45. The summed E-state index contributed by atoms with van der Waals surface area (Å²) in [5.41, 5.74) is 0.973. The van der Waals surface area contributed by atoms with Crippen molar-refractivity contribution in [3.63, 3.8) is 0 Å². The number of nitriles is 1. The zero-order valence-corrected chi connectivity index (χ0v) is 21.2. The van der Waals surface area contributed by atoms with Crippen LogP contribution in [0.5, 0.6) is 11.5 Å². The van der Waals surface area contributed by atoms with Crippen molar-refractivity contribution in [1.82, 2.24) is 4.90 Å². The fraction of sp³-hybridized carbons (Fsp3) is 0.696. The topological polar surface area (TPSA) is 75.0 Å². The number of ether oxygens (including phenoxy) is 2. The van der Waals surface area contributed by atoms with Crippen LogP contribution in [0.2, 0.25) is 18.1 Å².